The number of anilines is 1. The van der Waals surface area contributed by atoms with Gasteiger partial charge in [0.2, 0.25) is 5.78 Å². The summed E-state index contributed by atoms with van der Waals surface area (Å²) in [6.45, 7) is 1.93. The Bertz CT molecular complexity index is 1030. The number of benzene rings is 2. The molecular formula is C20H16BrN3O2. The molecule has 0 aliphatic rings. The van der Waals surface area contributed by atoms with Crippen LogP contribution in [0, 0.1) is 18.3 Å². The molecule has 0 fully saturated rings. The fourth-order valence-corrected chi connectivity index (χ4v) is 3.28. The molecule has 3 rings (SSSR count). The third-order valence-electron chi connectivity index (χ3n) is 4.15. The van der Waals surface area contributed by atoms with E-state index in [2.05, 4.69) is 22.0 Å². The van der Waals surface area contributed by atoms with E-state index in [1.54, 1.807) is 42.1 Å². The van der Waals surface area contributed by atoms with Gasteiger partial charge in [0.15, 0.2) is 0 Å². The van der Waals surface area contributed by atoms with Gasteiger partial charge in [0.05, 0.1) is 18.4 Å². The number of hydrogen-bond donors (Lipinski definition) is 1. The van der Waals surface area contributed by atoms with E-state index in [0.29, 0.717) is 11.3 Å². The first-order valence-corrected chi connectivity index (χ1v) is 8.61. The molecule has 0 bridgehead atoms. The lowest BCUT2D eigenvalue weighted by Gasteiger charge is -2.12. The van der Waals surface area contributed by atoms with Crippen LogP contribution in [0.5, 0.6) is 5.75 Å². The van der Waals surface area contributed by atoms with Crippen molar-refractivity contribution in [3.63, 3.8) is 0 Å². The second-order valence-corrected chi connectivity index (χ2v) is 6.69. The van der Waals surface area contributed by atoms with Gasteiger partial charge in [-0.2, -0.15) is 5.26 Å². The zero-order valence-corrected chi connectivity index (χ0v) is 15.9. The number of carbonyl (C=O) groups is 1. The van der Waals surface area contributed by atoms with Crippen molar-refractivity contribution in [3.8, 4) is 17.5 Å². The van der Waals surface area contributed by atoms with E-state index < -0.39 is 0 Å². The summed E-state index contributed by atoms with van der Waals surface area (Å²) in [6, 6.07) is 14.5. The van der Waals surface area contributed by atoms with Crippen LogP contribution < -0.4 is 10.5 Å². The number of nitrogen functional groups attached to an aromatic ring is 1. The summed E-state index contributed by atoms with van der Waals surface area (Å²) in [5.41, 5.74) is 9.05. The molecule has 1 aromatic heterocycles. The van der Waals surface area contributed by atoms with Crippen LogP contribution in [0.15, 0.2) is 53.1 Å². The number of aromatic nitrogens is 1. The van der Waals surface area contributed by atoms with E-state index in [0.717, 1.165) is 15.7 Å². The Morgan fingerprint density at radius 3 is 2.50 bits per heavy atom. The Kier molecular flexibility index (Phi) is 4.83. The number of aryl methyl sites for hydroxylation is 1. The van der Waals surface area contributed by atoms with Crippen molar-refractivity contribution in [3.05, 3.63) is 75.5 Å². The number of methoxy groups -OCH3 is 1. The van der Waals surface area contributed by atoms with Crippen LogP contribution in [0.2, 0.25) is 0 Å². The second-order valence-electron chi connectivity index (χ2n) is 5.78. The molecule has 0 radical (unpaired) electrons. The maximum absolute atomic E-state index is 13.1. The molecule has 130 valence electrons. The first kappa shape index (κ1) is 17.8. The summed E-state index contributed by atoms with van der Waals surface area (Å²) < 4.78 is 7.75. The molecular weight excluding hydrogens is 394 g/mol. The minimum Gasteiger partial charge on any atom is -0.497 e. The van der Waals surface area contributed by atoms with E-state index in [9.17, 15) is 10.1 Å². The zero-order chi connectivity index (χ0) is 18.8. The van der Waals surface area contributed by atoms with E-state index >= 15 is 0 Å². The number of ether oxygens (including phenoxy) is 1. The van der Waals surface area contributed by atoms with Crippen LogP contribution in [0.3, 0.4) is 0 Å². The molecule has 0 unspecified atom stereocenters. The van der Waals surface area contributed by atoms with Crippen molar-refractivity contribution in [1.82, 2.24) is 4.57 Å². The normalized spacial score (nSPS) is 10.4. The molecule has 5 nitrogen and oxygen atoms in total. The van der Waals surface area contributed by atoms with Crippen LogP contribution in [0.1, 0.15) is 27.2 Å². The molecule has 0 atom stereocenters. The second kappa shape index (κ2) is 7.06. The predicted octanol–water partition coefficient (Wildman–Crippen LogP) is 4.24. The van der Waals surface area contributed by atoms with Crippen LogP contribution >= 0.6 is 15.9 Å². The summed E-state index contributed by atoms with van der Waals surface area (Å²) in [5.74, 6) is 0.403. The standard InChI is InChI=1S/C20H16BrN3O2/c1-12-9-15(21)5-8-17(12)24-11-14(10-22)18(23)19(24)20(25)13-3-6-16(26-2)7-4-13/h3-9,11H,23H2,1-2H3. The molecule has 0 saturated heterocycles. The van der Waals surface area contributed by atoms with Gasteiger partial charge in [0.1, 0.15) is 17.5 Å². The van der Waals surface area contributed by atoms with Crippen LogP contribution in [-0.2, 0) is 0 Å². The highest BCUT2D eigenvalue weighted by molar-refractivity contribution is 9.10. The zero-order valence-electron chi connectivity index (χ0n) is 14.3. The highest BCUT2D eigenvalue weighted by Crippen LogP contribution is 2.29. The number of nitrogens with two attached hydrogens (primary N) is 1. The van der Waals surface area contributed by atoms with Gasteiger partial charge in [0.25, 0.3) is 0 Å². The predicted molar refractivity (Wildman–Crippen MR) is 104 cm³/mol. The van der Waals surface area contributed by atoms with Crippen LogP contribution in [0.4, 0.5) is 5.69 Å². The summed E-state index contributed by atoms with van der Waals surface area (Å²) in [5, 5.41) is 9.36. The Hall–Kier alpha value is -3.04. The van der Waals surface area contributed by atoms with Gasteiger partial charge in [-0.1, -0.05) is 15.9 Å². The molecule has 3 aromatic rings. The Morgan fingerprint density at radius 2 is 1.92 bits per heavy atom. The molecule has 0 amide bonds. The first-order chi connectivity index (χ1) is 12.5. The van der Waals surface area contributed by atoms with Gasteiger partial charge in [0, 0.05) is 21.9 Å². The summed E-state index contributed by atoms with van der Waals surface area (Å²) in [6.07, 6.45) is 1.60. The van der Waals surface area contributed by atoms with Crippen molar-refractivity contribution in [1.29, 1.82) is 5.26 Å². The van der Waals surface area contributed by atoms with E-state index in [1.165, 1.54) is 0 Å². The molecule has 2 aromatic carbocycles. The van der Waals surface area contributed by atoms with Crippen molar-refractivity contribution < 1.29 is 9.53 Å². The average molecular weight is 410 g/mol. The number of carbonyl (C=O) groups excluding carboxylic acids is 1. The van der Waals surface area contributed by atoms with Gasteiger partial charge in [-0.15, -0.1) is 0 Å². The van der Waals surface area contributed by atoms with Gasteiger partial charge in [-0.3, -0.25) is 4.79 Å². The average Bonchev–Trinajstić information content (AvgIpc) is 2.97. The van der Waals surface area contributed by atoms with E-state index in [1.807, 2.05) is 25.1 Å². The van der Waals surface area contributed by atoms with E-state index in [-0.39, 0.29) is 22.7 Å². The van der Waals surface area contributed by atoms with Crippen LogP contribution in [0.25, 0.3) is 5.69 Å². The minimum atomic E-state index is -0.256. The van der Waals surface area contributed by atoms with Gasteiger partial charge < -0.3 is 15.0 Å². The third kappa shape index (κ3) is 3.09. The van der Waals surface area contributed by atoms with Crippen molar-refractivity contribution >= 4 is 27.4 Å². The summed E-state index contributed by atoms with van der Waals surface area (Å²) >= 11 is 3.43. The molecule has 0 spiro atoms. The Morgan fingerprint density at radius 1 is 1.23 bits per heavy atom. The summed E-state index contributed by atoms with van der Waals surface area (Å²) in [4.78, 5) is 13.1. The molecule has 26 heavy (non-hydrogen) atoms. The van der Waals surface area contributed by atoms with Crippen LogP contribution in [-0.4, -0.2) is 17.5 Å². The summed E-state index contributed by atoms with van der Waals surface area (Å²) in [7, 11) is 1.56. The number of rotatable bonds is 4. The topological polar surface area (TPSA) is 81.0 Å². The molecule has 6 heteroatoms. The largest absolute Gasteiger partial charge is 0.497 e. The molecule has 2 N–H and O–H groups in total. The fourth-order valence-electron chi connectivity index (χ4n) is 2.80. The maximum Gasteiger partial charge on any atom is 0.211 e. The number of ketones is 1. The lowest BCUT2D eigenvalue weighted by atomic mass is 10.1. The van der Waals surface area contributed by atoms with E-state index in [4.69, 9.17) is 10.5 Å². The SMILES string of the molecule is COc1ccc(C(=O)c2c(N)c(C#N)cn2-c2ccc(Br)cc2C)cc1. The fraction of sp³-hybridized carbons (Fsp3) is 0.100. The Labute approximate surface area is 159 Å². The quantitative estimate of drug-likeness (QED) is 0.653. The van der Waals surface area contributed by atoms with Crippen molar-refractivity contribution in [2.45, 2.75) is 6.92 Å². The number of nitriles is 1. The molecule has 0 aliphatic heterocycles. The Balaban J connectivity index is 2.18. The molecule has 0 saturated carbocycles. The molecule has 0 aliphatic carbocycles. The number of nitrogens with zero attached hydrogens (tertiary/aromatic N) is 2. The smallest absolute Gasteiger partial charge is 0.211 e. The van der Waals surface area contributed by atoms with Gasteiger partial charge in [-0.25, -0.2) is 0 Å². The minimum absolute atomic E-state index is 0.177. The van der Waals surface area contributed by atoms with Crippen molar-refractivity contribution in [2.75, 3.05) is 12.8 Å². The lowest BCUT2D eigenvalue weighted by molar-refractivity contribution is 0.103. The third-order valence-corrected chi connectivity index (χ3v) is 4.64. The maximum atomic E-state index is 13.1. The monoisotopic (exact) mass is 409 g/mol. The number of hydrogen-bond acceptors (Lipinski definition) is 4. The van der Waals surface area contributed by atoms with Gasteiger partial charge in [-0.05, 0) is 55.0 Å². The molecule has 1 heterocycles. The highest BCUT2D eigenvalue weighted by Gasteiger charge is 2.23. The van der Waals surface area contributed by atoms with Crippen molar-refractivity contribution in [2.24, 2.45) is 0 Å². The van der Waals surface area contributed by atoms with Gasteiger partial charge >= 0.3 is 0 Å². The lowest BCUT2D eigenvalue weighted by Crippen LogP contribution is -2.11. The highest BCUT2D eigenvalue weighted by atomic mass is 79.9. The first-order valence-electron chi connectivity index (χ1n) is 7.82. The number of halogens is 1.